The van der Waals surface area contributed by atoms with E-state index in [1.54, 1.807) is 16.2 Å². The zero-order valence-corrected chi connectivity index (χ0v) is 15.0. The van der Waals surface area contributed by atoms with E-state index in [0.717, 1.165) is 27.7 Å². The summed E-state index contributed by atoms with van der Waals surface area (Å²) in [7, 11) is 1.89. The molecule has 27 heavy (non-hydrogen) atoms. The first-order valence-corrected chi connectivity index (χ1v) is 8.61. The number of benzene rings is 2. The molecule has 0 radical (unpaired) electrons. The number of fused-ring (bicyclic) bond motifs is 1. The lowest BCUT2D eigenvalue weighted by molar-refractivity contribution is 0.191. The van der Waals surface area contributed by atoms with Crippen LogP contribution in [0, 0.1) is 0 Å². The fourth-order valence-electron chi connectivity index (χ4n) is 3.32. The summed E-state index contributed by atoms with van der Waals surface area (Å²) in [6, 6.07) is 14.9. The molecule has 4 aromatic rings. The summed E-state index contributed by atoms with van der Waals surface area (Å²) >= 11 is 0. The lowest BCUT2D eigenvalue weighted by Gasteiger charge is -2.17. The monoisotopic (exact) mass is 361 g/mol. The normalized spacial score (nSPS) is 12.4. The molecule has 0 bridgehead atoms. The molecule has 0 aliphatic rings. The van der Waals surface area contributed by atoms with Gasteiger partial charge >= 0.3 is 0 Å². The van der Waals surface area contributed by atoms with E-state index >= 15 is 0 Å². The fraction of sp³-hybridized carbons (Fsp3) is 0.143. The highest BCUT2D eigenvalue weighted by Crippen LogP contribution is 2.30. The number of aliphatic hydroxyl groups excluding tert-OH is 1. The van der Waals surface area contributed by atoms with Gasteiger partial charge in [-0.2, -0.15) is 5.10 Å². The van der Waals surface area contributed by atoms with Crippen molar-refractivity contribution in [3.05, 3.63) is 76.8 Å². The van der Waals surface area contributed by atoms with Crippen LogP contribution in [0.2, 0.25) is 0 Å². The summed E-state index contributed by atoms with van der Waals surface area (Å²) in [5.41, 5.74) is 3.55. The first-order chi connectivity index (χ1) is 12.9. The molecule has 0 fully saturated rings. The summed E-state index contributed by atoms with van der Waals surface area (Å²) < 4.78 is 3.41. The molecule has 1 unspecified atom stereocenters. The average Bonchev–Trinajstić information content (AvgIpc) is 3.03. The SMILES string of the molecule is CC(O)c1cc(=O)c(O)cn1-c1cccc(-c2cccc3nn(C)cc23)c1. The Morgan fingerprint density at radius 1 is 1.07 bits per heavy atom. The number of aliphatic hydroxyl groups is 1. The topological polar surface area (TPSA) is 80.3 Å². The van der Waals surface area contributed by atoms with Gasteiger partial charge in [0.15, 0.2) is 5.75 Å². The zero-order valence-electron chi connectivity index (χ0n) is 15.0. The van der Waals surface area contributed by atoms with Gasteiger partial charge in [-0.3, -0.25) is 9.48 Å². The van der Waals surface area contributed by atoms with Gasteiger partial charge in [-0.15, -0.1) is 0 Å². The highest BCUT2D eigenvalue weighted by atomic mass is 16.3. The summed E-state index contributed by atoms with van der Waals surface area (Å²) in [4.78, 5) is 11.8. The van der Waals surface area contributed by atoms with Crippen LogP contribution in [-0.2, 0) is 7.05 Å². The quantitative estimate of drug-likeness (QED) is 0.587. The van der Waals surface area contributed by atoms with E-state index in [2.05, 4.69) is 5.10 Å². The van der Waals surface area contributed by atoms with Crippen molar-refractivity contribution in [1.29, 1.82) is 0 Å². The number of aryl methyl sites for hydroxylation is 1. The van der Waals surface area contributed by atoms with Crippen molar-refractivity contribution in [3.8, 4) is 22.6 Å². The third-order valence-corrected chi connectivity index (χ3v) is 4.59. The Bertz CT molecular complexity index is 1200. The largest absolute Gasteiger partial charge is 0.503 e. The number of hydrogen-bond donors (Lipinski definition) is 2. The van der Waals surface area contributed by atoms with Crippen molar-refractivity contribution >= 4 is 10.9 Å². The molecule has 0 spiro atoms. The van der Waals surface area contributed by atoms with Crippen LogP contribution < -0.4 is 5.43 Å². The van der Waals surface area contributed by atoms with Crippen molar-refractivity contribution in [2.75, 3.05) is 0 Å². The van der Waals surface area contributed by atoms with Crippen LogP contribution in [0.3, 0.4) is 0 Å². The van der Waals surface area contributed by atoms with E-state index in [1.807, 2.05) is 55.7 Å². The van der Waals surface area contributed by atoms with E-state index in [-0.39, 0.29) is 5.75 Å². The minimum absolute atomic E-state index is 0.362. The van der Waals surface area contributed by atoms with E-state index in [9.17, 15) is 15.0 Å². The molecule has 2 aromatic carbocycles. The van der Waals surface area contributed by atoms with Crippen molar-refractivity contribution in [3.63, 3.8) is 0 Å². The predicted octanol–water partition coefficient (Wildman–Crippen LogP) is 3.15. The van der Waals surface area contributed by atoms with E-state index in [4.69, 9.17) is 0 Å². The van der Waals surface area contributed by atoms with Gasteiger partial charge in [0.2, 0.25) is 5.43 Å². The van der Waals surface area contributed by atoms with Gasteiger partial charge < -0.3 is 14.8 Å². The number of nitrogens with zero attached hydrogens (tertiary/aromatic N) is 3. The molecular formula is C21H19N3O3. The maximum absolute atomic E-state index is 11.8. The Kier molecular flexibility index (Phi) is 4.05. The summed E-state index contributed by atoms with van der Waals surface area (Å²) in [5.74, 6) is -0.362. The second kappa shape index (κ2) is 6.41. The zero-order chi connectivity index (χ0) is 19.1. The Hall–Kier alpha value is -3.38. The molecule has 136 valence electrons. The van der Waals surface area contributed by atoms with E-state index in [1.165, 1.54) is 12.3 Å². The standard InChI is InChI=1S/C21H19N3O3/c1-13(25)19-10-20(26)21(27)12-24(19)15-6-3-5-14(9-15)16-7-4-8-18-17(16)11-23(2)22-18/h3-13,25,27H,1-2H3. The van der Waals surface area contributed by atoms with Crippen LogP contribution in [0.5, 0.6) is 5.75 Å². The molecule has 0 aliphatic carbocycles. The number of aromatic nitrogens is 3. The van der Waals surface area contributed by atoms with Crippen molar-refractivity contribution in [2.45, 2.75) is 13.0 Å². The van der Waals surface area contributed by atoms with Gasteiger partial charge in [-0.25, -0.2) is 0 Å². The minimum atomic E-state index is -0.858. The van der Waals surface area contributed by atoms with Crippen LogP contribution >= 0.6 is 0 Å². The van der Waals surface area contributed by atoms with Gasteiger partial charge in [-0.1, -0.05) is 24.3 Å². The number of pyridine rings is 1. The first-order valence-electron chi connectivity index (χ1n) is 8.61. The van der Waals surface area contributed by atoms with Crippen LogP contribution in [0.1, 0.15) is 18.7 Å². The lowest BCUT2D eigenvalue weighted by atomic mass is 10.0. The van der Waals surface area contributed by atoms with Crippen LogP contribution in [0.15, 0.2) is 65.7 Å². The Morgan fingerprint density at radius 3 is 2.63 bits per heavy atom. The Labute approximate surface area is 155 Å². The van der Waals surface area contributed by atoms with Crippen LogP contribution in [-0.4, -0.2) is 24.6 Å². The second-order valence-corrected chi connectivity index (χ2v) is 6.59. The van der Waals surface area contributed by atoms with E-state index in [0.29, 0.717) is 5.69 Å². The van der Waals surface area contributed by atoms with Crippen molar-refractivity contribution in [2.24, 2.45) is 7.05 Å². The minimum Gasteiger partial charge on any atom is -0.503 e. The molecular weight excluding hydrogens is 342 g/mol. The summed E-state index contributed by atoms with van der Waals surface area (Å²) in [6.07, 6.45) is 2.46. The van der Waals surface area contributed by atoms with Gasteiger partial charge in [0, 0.05) is 30.4 Å². The molecule has 0 amide bonds. The lowest BCUT2D eigenvalue weighted by Crippen LogP contribution is -2.13. The molecule has 2 heterocycles. The maximum Gasteiger partial charge on any atom is 0.223 e. The maximum atomic E-state index is 11.8. The molecule has 6 nitrogen and oxygen atoms in total. The Balaban J connectivity index is 1.91. The molecule has 1 atom stereocenters. The molecule has 4 rings (SSSR count). The van der Waals surface area contributed by atoms with Crippen LogP contribution in [0.4, 0.5) is 0 Å². The van der Waals surface area contributed by atoms with Crippen molar-refractivity contribution in [1.82, 2.24) is 14.3 Å². The number of rotatable bonds is 3. The average molecular weight is 361 g/mol. The molecule has 0 aliphatic heterocycles. The summed E-state index contributed by atoms with van der Waals surface area (Å²) in [6.45, 7) is 1.59. The first kappa shape index (κ1) is 17.1. The predicted molar refractivity (Wildman–Crippen MR) is 104 cm³/mol. The third-order valence-electron chi connectivity index (χ3n) is 4.59. The van der Waals surface area contributed by atoms with E-state index < -0.39 is 11.5 Å². The number of hydrogen-bond acceptors (Lipinski definition) is 4. The van der Waals surface area contributed by atoms with Crippen LogP contribution in [0.25, 0.3) is 27.7 Å². The fourth-order valence-corrected chi connectivity index (χ4v) is 3.32. The van der Waals surface area contributed by atoms with Gasteiger partial charge in [-0.05, 0) is 36.2 Å². The molecule has 0 saturated heterocycles. The molecule has 2 N–H and O–H groups in total. The smallest absolute Gasteiger partial charge is 0.223 e. The van der Waals surface area contributed by atoms with Gasteiger partial charge in [0.25, 0.3) is 0 Å². The van der Waals surface area contributed by atoms with Crippen molar-refractivity contribution < 1.29 is 10.2 Å². The molecule has 2 aromatic heterocycles. The van der Waals surface area contributed by atoms with Gasteiger partial charge in [0.1, 0.15) is 0 Å². The molecule has 0 saturated carbocycles. The second-order valence-electron chi connectivity index (χ2n) is 6.59. The molecule has 6 heteroatoms. The highest BCUT2D eigenvalue weighted by Gasteiger charge is 2.13. The number of aromatic hydroxyl groups is 1. The summed E-state index contributed by atoms with van der Waals surface area (Å²) in [5, 5.41) is 25.4. The highest BCUT2D eigenvalue weighted by molar-refractivity contribution is 5.94. The third kappa shape index (κ3) is 3.00. The Morgan fingerprint density at radius 2 is 1.85 bits per heavy atom. The van der Waals surface area contributed by atoms with Gasteiger partial charge in [0.05, 0.1) is 23.5 Å².